The van der Waals surface area contributed by atoms with E-state index < -0.39 is 10.0 Å². The second-order valence-electron chi connectivity index (χ2n) is 4.95. The van der Waals surface area contributed by atoms with Gasteiger partial charge in [0.05, 0.1) is 24.1 Å². The number of carbonyl (C=O) groups excluding carboxylic acids is 1. The number of aromatic nitrogens is 1. The lowest BCUT2D eigenvalue weighted by Crippen LogP contribution is -2.24. The van der Waals surface area contributed by atoms with Crippen molar-refractivity contribution in [3.8, 4) is 5.75 Å². The minimum atomic E-state index is -3.53. The van der Waals surface area contributed by atoms with Crippen molar-refractivity contribution in [1.29, 1.82) is 0 Å². The van der Waals surface area contributed by atoms with Crippen LogP contribution in [0.25, 0.3) is 0 Å². The Labute approximate surface area is 118 Å². The molecule has 0 aromatic carbocycles. The third-order valence-corrected chi connectivity index (χ3v) is 3.23. The van der Waals surface area contributed by atoms with Gasteiger partial charge in [0.1, 0.15) is 5.69 Å². The summed E-state index contributed by atoms with van der Waals surface area (Å²) < 4.78 is 30.9. The Balaban J connectivity index is 2.46. The van der Waals surface area contributed by atoms with Gasteiger partial charge >= 0.3 is 0 Å². The third-order valence-electron chi connectivity index (χ3n) is 2.65. The van der Waals surface area contributed by atoms with E-state index in [1.54, 1.807) is 14.1 Å². The summed E-state index contributed by atoms with van der Waals surface area (Å²) in [6.07, 6.45) is 5.68. The molecule has 0 aliphatic heterocycles. The lowest BCUT2D eigenvalue weighted by molar-refractivity contribution is 0.0827. The summed E-state index contributed by atoms with van der Waals surface area (Å²) in [4.78, 5) is 17.4. The zero-order chi connectivity index (χ0) is 14.9. The number of amides is 1. The Morgan fingerprint density at radius 1 is 1.40 bits per heavy atom. The van der Waals surface area contributed by atoms with Crippen molar-refractivity contribution >= 4 is 21.6 Å². The molecule has 1 aromatic heterocycles. The first kappa shape index (κ1) is 14.6. The molecule has 1 N–H and O–H groups in total. The van der Waals surface area contributed by atoms with Crippen molar-refractivity contribution < 1.29 is 17.9 Å². The SMILES string of the molecule is CN(C)C(=O)c1cncc(OC2CC2)c1NS(C)(=O)=O. The number of anilines is 1. The Morgan fingerprint density at radius 2 is 2.05 bits per heavy atom. The normalized spacial score (nSPS) is 14.8. The molecule has 7 nitrogen and oxygen atoms in total. The van der Waals surface area contributed by atoms with Crippen molar-refractivity contribution in [2.24, 2.45) is 0 Å². The van der Waals surface area contributed by atoms with Gasteiger partial charge in [-0.05, 0) is 12.8 Å². The summed E-state index contributed by atoms with van der Waals surface area (Å²) in [6, 6.07) is 0. The Morgan fingerprint density at radius 3 is 2.55 bits per heavy atom. The fraction of sp³-hybridized carbons (Fsp3) is 0.500. The molecule has 110 valence electrons. The number of carbonyl (C=O) groups is 1. The highest BCUT2D eigenvalue weighted by Gasteiger charge is 2.27. The monoisotopic (exact) mass is 299 g/mol. The molecule has 0 unspecified atom stereocenters. The van der Waals surface area contributed by atoms with Gasteiger partial charge in [0.25, 0.3) is 5.91 Å². The minimum absolute atomic E-state index is 0.0709. The van der Waals surface area contributed by atoms with Crippen LogP contribution in [0.5, 0.6) is 5.75 Å². The maximum atomic E-state index is 12.1. The average molecular weight is 299 g/mol. The molecule has 1 aliphatic rings. The van der Waals surface area contributed by atoms with Crippen LogP contribution in [0.2, 0.25) is 0 Å². The fourth-order valence-electron chi connectivity index (χ4n) is 1.59. The van der Waals surface area contributed by atoms with Crippen molar-refractivity contribution in [3.63, 3.8) is 0 Å². The molecule has 0 atom stereocenters. The van der Waals surface area contributed by atoms with Crippen molar-refractivity contribution in [1.82, 2.24) is 9.88 Å². The second-order valence-corrected chi connectivity index (χ2v) is 6.70. The van der Waals surface area contributed by atoms with Gasteiger partial charge in [0, 0.05) is 20.3 Å². The van der Waals surface area contributed by atoms with Crippen LogP contribution in [0, 0.1) is 0 Å². The molecule has 0 radical (unpaired) electrons. The van der Waals surface area contributed by atoms with Crippen LogP contribution in [0.4, 0.5) is 5.69 Å². The molecule has 1 aromatic rings. The Hall–Kier alpha value is -1.83. The Kier molecular flexibility index (Phi) is 3.85. The van der Waals surface area contributed by atoms with Gasteiger partial charge in [0.2, 0.25) is 10.0 Å². The first-order chi connectivity index (χ1) is 9.28. The zero-order valence-corrected chi connectivity index (χ0v) is 12.4. The van der Waals surface area contributed by atoms with Crippen LogP contribution in [-0.2, 0) is 10.0 Å². The van der Waals surface area contributed by atoms with Crippen molar-refractivity contribution in [2.75, 3.05) is 25.1 Å². The molecule has 2 rings (SSSR count). The largest absolute Gasteiger partial charge is 0.487 e. The number of sulfonamides is 1. The van der Waals surface area contributed by atoms with Gasteiger partial charge in [-0.3, -0.25) is 14.5 Å². The molecule has 1 saturated carbocycles. The molecule has 1 aliphatic carbocycles. The van der Waals surface area contributed by atoms with Gasteiger partial charge in [0.15, 0.2) is 5.75 Å². The number of hydrogen-bond acceptors (Lipinski definition) is 5. The van der Waals surface area contributed by atoms with Crippen LogP contribution in [0.15, 0.2) is 12.4 Å². The standard InChI is InChI=1S/C12H17N3O4S/c1-15(2)12(16)9-6-13-7-10(19-8-4-5-8)11(9)14-20(3,17)18/h6-8H,4-5H2,1-3H3,(H,13,14). The molecule has 1 amide bonds. The molecule has 0 saturated heterocycles. The van der Waals surface area contributed by atoms with E-state index >= 15 is 0 Å². The van der Waals surface area contributed by atoms with E-state index in [1.165, 1.54) is 17.3 Å². The van der Waals surface area contributed by atoms with E-state index in [2.05, 4.69) is 9.71 Å². The molecular formula is C12H17N3O4S. The predicted octanol–water partition coefficient (Wildman–Crippen LogP) is 0.696. The Bertz CT molecular complexity index is 624. The highest BCUT2D eigenvalue weighted by atomic mass is 32.2. The highest BCUT2D eigenvalue weighted by molar-refractivity contribution is 7.92. The molecule has 20 heavy (non-hydrogen) atoms. The van der Waals surface area contributed by atoms with E-state index in [1.807, 2.05) is 0 Å². The van der Waals surface area contributed by atoms with Crippen LogP contribution in [0.1, 0.15) is 23.2 Å². The summed E-state index contributed by atoms with van der Waals surface area (Å²) in [5, 5.41) is 0. The quantitative estimate of drug-likeness (QED) is 0.864. The van der Waals surface area contributed by atoms with E-state index in [0.717, 1.165) is 19.1 Å². The van der Waals surface area contributed by atoms with Gasteiger partial charge in [-0.25, -0.2) is 8.42 Å². The molecular weight excluding hydrogens is 282 g/mol. The van der Waals surface area contributed by atoms with E-state index in [0.29, 0.717) is 0 Å². The van der Waals surface area contributed by atoms with Crippen LogP contribution in [0.3, 0.4) is 0 Å². The second kappa shape index (κ2) is 5.28. The first-order valence-electron chi connectivity index (χ1n) is 6.12. The van der Waals surface area contributed by atoms with Crippen molar-refractivity contribution in [3.05, 3.63) is 18.0 Å². The summed E-state index contributed by atoms with van der Waals surface area (Å²) in [5.41, 5.74) is 0.312. The smallest absolute Gasteiger partial charge is 0.257 e. The molecule has 1 fully saturated rings. The topological polar surface area (TPSA) is 88.6 Å². The maximum Gasteiger partial charge on any atom is 0.257 e. The fourth-order valence-corrected chi connectivity index (χ4v) is 2.17. The highest BCUT2D eigenvalue weighted by Crippen LogP contribution is 2.34. The van der Waals surface area contributed by atoms with Crippen LogP contribution < -0.4 is 9.46 Å². The molecule has 1 heterocycles. The number of pyridine rings is 1. The van der Waals surface area contributed by atoms with E-state index in [9.17, 15) is 13.2 Å². The zero-order valence-electron chi connectivity index (χ0n) is 11.6. The third kappa shape index (κ3) is 3.60. The predicted molar refractivity (Wildman–Crippen MR) is 74.4 cm³/mol. The summed E-state index contributed by atoms with van der Waals surface area (Å²) in [6.45, 7) is 0. The number of nitrogens with zero attached hydrogens (tertiary/aromatic N) is 2. The van der Waals surface area contributed by atoms with Crippen LogP contribution >= 0.6 is 0 Å². The summed E-state index contributed by atoms with van der Waals surface area (Å²) in [7, 11) is -0.357. The van der Waals surface area contributed by atoms with E-state index in [4.69, 9.17) is 4.74 Å². The summed E-state index contributed by atoms with van der Waals surface area (Å²) >= 11 is 0. The van der Waals surface area contributed by atoms with Crippen molar-refractivity contribution in [2.45, 2.75) is 18.9 Å². The minimum Gasteiger partial charge on any atom is -0.487 e. The number of rotatable bonds is 5. The lowest BCUT2D eigenvalue weighted by atomic mass is 10.2. The number of hydrogen-bond donors (Lipinski definition) is 1. The first-order valence-corrected chi connectivity index (χ1v) is 8.01. The number of nitrogens with one attached hydrogen (secondary N) is 1. The lowest BCUT2D eigenvalue weighted by Gasteiger charge is -2.17. The average Bonchev–Trinajstić information content (AvgIpc) is 3.12. The number of ether oxygens (including phenoxy) is 1. The van der Waals surface area contributed by atoms with Gasteiger partial charge in [-0.1, -0.05) is 0 Å². The van der Waals surface area contributed by atoms with Gasteiger partial charge in [-0.15, -0.1) is 0 Å². The van der Waals surface area contributed by atoms with Gasteiger partial charge < -0.3 is 9.64 Å². The molecule has 8 heteroatoms. The van der Waals surface area contributed by atoms with Crippen LogP contribution in [-0.4, -0.2) is 50.7 Å². The maximum absolute atomic E-state index is 12.1. The summed E-state index contributed by atoms with van der Waals surface area (Å²) in [5.74, 6) is -0.0597. The van der Waals surface area contributed by atoms with Gasteiger partial charge in [-0.2, -0.15) is 0 Å². The van der Waals surface area contributed by atoms with E-state index in [-0.39, 0.29) is 29.0 Å². The molecule has 0 bridgehead atoms. The molecule has 0 spiro atoms.